The minimum Gasteiger partial charge on any atom is -0.480 e. The van der Waals surface area contributed by atoms with Crippen LogP contribution in [0.2, 0.25) is 0 Å². The van der Waals surface area contributed by atoms with Crippen LogP contribution < -0.4 is 10.6 Å². The van der Waals surface area contributed by atoms with Crippen molar-refractivity contribution in [3.8, 4) is 11.1 Å². The molecular weight excluding hydrogens is 446 g/mol. The Morgan fingerprint density at radius 2 is 1.54 bits per heavy atom. The summed E-state index contributed by atoms with van der Waals surface area (Å²) in [5.74, 6) is -1.92. The lowest BCUT2D eigenvalue weighted by atomic mass is 9.92. The summed E-state index contributed by atoms with van der Waals surface area (Å²) >= 11 is 0. The van der Waals surface area contributed by atoms with Gasteiger partial charge in [-0.15, -0.1) is 0 Å². The van der Waals surface area contributed by atoms with Crippen molar-refractivity contribution in [1.82, 2.24) is 10.3 Å². The normalized spacial score (nSPS) is 12.4. The summed E-state index contributed by atoms with van der Waals surface area (Å²) in [6.45, 7) is 3.49. The molecule has 1 aromatic heterocycles. The van der Waals surface area contributed by atoms with E-state index in [1.807, 2.05) is 36.4 Å². The van der Waals surface area contributed by atoms with Gasteiger partial charge in [-0.25, -0.2) is 14.6 Å². The van der Waals surface area contributed by atoms with E-state index in [9.17, 15) is 19.5 Å². The maximum Gasteiger partial charge on any atom is 0.411 e. The summed E-state index contributed by atoms with van der Waals surface area (Å²) in [5.41, 5.74) is 3.05. The number of carboxylic acid groups (broad SMARTS) is 1. The molecule has 2 amide bonds. The first kappa shape index (κ1) is 23.9. The topological polar surface area (TPSA) is 118 Å². The molecule has 0 saturated heterocycles. The summed E-state index contributed by atoms with van der Waals surface area (Å²) in [6, 6.07) is 19.1. The Labute approximate surface area is 203 Å². The zero-order valence-electron chi connectivity index (χ0n) is 19.6. The van der Waals surface area contributed by atoms with Crippen LogP contribution in [0, 0.1) is 0 Å². The molecule has 2 aromatic carbocycles. The van der Waals surface area contributed by atoms with Crippen LogP contribution in [0.5, 0.6) is 0 Å². The molecule has 0 aliphatic heterocycles. The fraction of sp³-hybridized carbons (Fsp3) is 0.259. The lowest BCUT2D eigenvalue weighted by molar-refractivity contribution is -0.144. The van der Waals surface area contributed by atoms with Gasteiger partial charge in [0.15, 0.2) is 5.69 Å². The summed E-state index contributed by atoms with van der Waals surface area (Å²) in [5, 5.41) is 14.8. The van der Waals surface area contributed by atoms with Gasteiger partial charge in [-0.1, -0.05) is 62.4 Å². The van der Waals surface area contributed by atoms with Gasteiger partial charge in [-0.05, 0) is 47.2 Å². The fourth-order valence-electron chi connectivity index (χ4n) is 4.49. The highest BCUT2D eigenvalue weighted by atomic mass is 16.5. The van der Waals surface area contributed by atoms with E-state index in [2.05, 4.69) is 27.8 Å². The molecule has 0 radical (unpaired) electrons. The number of carboxylic acids is 1. The number of pyridine rings is 1. The molecular formula is C27H27N3O5. The van der Waals surface area contributed by atoms with Crippen molar-refractivity contribution in [3.63, 3.8) is 0 Å². The molecule has 0 fully saturated rings. The third-order valence-corrected chi connectivity index (χ3v) is 6.57. The number of fused-ring (bicyclic) bond motifs is 3. The molecule has 1 heterocycles. The third kappa shape index (κ3) is 4.59. The zero-order valence-corrected chi connectivity index (χ0v) is 19.6. The molecule has 8 heteroatoms. The van der Waals surface area contributed by atoms with Crippen molar-refractivity contribution in [2.75, 3.05) is 11.9 Å². The minimum atomic E-state index is -1.42. The van der Waals surface area contributed by atoms with Gasteiger partial charge >= 0.3 is 12.1 Å². The quantitative estimate of drug-likeness (QED) is 0.432. The maximum atomic E-state index is 12.9. The van der Waals surface area contributed by atoms with Gasteiger partial charge in [0.05, 0.1) is 5.69 Å². The van der Waals surface area contributed by atoms with Crippen molar-refractivity contribution in [2.24, 2.45) is 0 Å². The van der Waals surface area contributed by atoms with Crippen LogP contribution in [0.3, 0.4) is 0 Å². The van der Waals surface area contributed by atoms with Crippen LogP contribution in [-0.2, 0) is 9.53 Å². The Morgan fingerprint density at radius 1 is 0.943 bits per heavy atom. The van der Waals surface area contributed by atoms with E-state index in [-0.39, 0.29) is 36.7 Å². The third-order valence-electron chi connectivity index (χ3n) is 6.57. The molecule has 8 nitrogen and oxygen atoms in total. The highest BCUT2D eigenvalue weighted by Crippen LogP contribution is 2.44. The van der Waals surface area contributed by atoms with Crippen molar-refractivity contribution in [2.45, 2.75) is 38.1 Å². The number of ether oxygens (including phenoxy) is 1. The van der Waals surface area contributed by atoms with Crippen molar-refractivity contribution < 1.29 is 24.2 Å². The minimum absolute atomic E-state index is 0.0893. The van der Waals surface area contributed by atoms with Gasteiger partial charge in [0.2, 0.25) is 0 Å². The predicted molar refractivity (Wildman–Crippen MR) is 131 cm³/mol. The number of hydrogen-bond donors (Lipinski definition) is 3. The highest BCUT2D eigenvalue weighted by Gasteiger charge is 2.37. The predicted octanol–water partition coefficient (Wildman–Crippen LogP) is 4.82. The number of hydrogen-bond acceptors (Lipinski definition) is 5. The summed E-state index contributed by atoms with van der Waals surface area (Å²) in [4.78, 5) is 41.4. The molecule has 0 spiro atoms. The summed E-state index contributed by atoms with van der Waals surface area (Å²) < 4.78 is 5.56. The monoisotopic (exact) mass is 473 g/mol. The highest BCUT2D eigenvalue weighted by molar-refractivity contribution is 6.03. The number of anilines is 1. The second-order valence-corrected chi connectivity index (χ2v) is 8.40. The van der Waals surface area contributed by atoms with Crippen LogP contribution >= 0.6 is 0 Å². The molecule has 180 valence electrons. The molecule has 0 bridgehead atoms. The van der Waals surface area contributed by atoms with Gasteiger partial charge in [0.1, 0.15) is 12.1 Å². The van der Waals surface area contributed by atoms with E-state index in [0.29, 0.717) is 0 Å². The number of amides is 2. The number of rotatable bonds is 8. The number of nitrogens with zero attached hydrogens (tertiary/aromatic N) is 1. The largest absolute Gasteiger partial charge is 0.480 e. The van der Waals surface area contributed by atoms with E-state index in [0.717, 1.165) is 22.3 Å². The zero-order chi connectivity index (χ0) is 25.0. The van der Waals surface area contributed by atoms with Crippen LogP contribution in [0.1, 0.15) is 54.2 Å². The molecule has 3 N–H and O–H groups in total. The Bertz CT molecular complexity index is 1220. The van der Waals surface area contributed by atoms with Gasteiger partial charge in [-0.3, -0.25) is 10.1 Å². The van der Waals surface area contributed by atoms with E-state index in [1.165, 1.54) is 12.3 Å². The SMILES string of the molecule is CCC(CC)(NC(=O)c1ncccc1NC(=O)OCC1c2ccccc2-c2ccccc21)C(=O)O. The van der Waals surface area contributed by atoms with Crippen LogP contribution in [0.15, 0.2) is 66.9 Å². The second-order valence-electron chi connectivity index (χ2n) is 8.40. The average molecular weight is 474 g/mol. The maximum absolute atomic E-state index is 12.9. The van der Waals surface area contributed by atoms with E-state index >= 15 is 0 Å². The van der Waals surface area contributed by atoms with Gasteiger partial charge < -0.3 is 15.2 Å². The van der Waals surface area contributed by atoms with Crippen molar-refractivity contribution >= 4 is 23.7 Å². The van der Waals surface area contributed by atoms with E-state index in [1.54, 1.807) is 19.9 Å². The lowest BCUT2D eigenvalue weighted by Crippen LogP contribution is -2.54. The number of carbonyl (C=O) groups excluding carboxylic acids is 2. The number of benzene rings is 2. The second kappa shape index (κ2) is 9.97. The summed E-state index contributed by atoms with van der Waals surface area (Å²) in [7, 11) is 0. The Balaban J connectivity index is 1.48. The first-order chi connectivity index (χ1) is 16.9. The Kier molecular flexibility index (Phi) is 6.82. The van der Waals surface area contributed by atoms with E-state index < -0.39 is 23.5 Å². The molecule has 0 atom stereocenters. The van der Waals surface area contributed by atoms with Gasteiger partial charge in [0, 0.05) is 12.1 Å². The summed E-state index contributed by atoms with van der Waals surface area (Å²) in [6.07, 6.45) is 1.07. The van der Waals surface area contributed by atoms with Crippen molar-refractivity contribution in [3.05, 3.63) is 83.7 Å². The number of carbonyl (C=O) groups is 3. The van der Waals surface area contributed by atoms with E-state index in [4.69, 9.17) is 4.74 Å². The standard InChI is InChI=1S/C27H27N3O5/c1-3-27(4-2,25(32)33)30-24(31)23-22(14-9-15-28-23)29-26(34)35-16-21-19-12-7-5-10-17(19)18-11-6-8-13-20(18)21/h5-15,21H,3-4,16H2,1-2H3,(H,29,34)(H,30,31)(H,32,33). The molecule has 1 aliphatic rings. The average Bonchev–Trinajstić information content (AvgIpc) is 3.20. The molecule has 4 rings (SSSR count). The van der Waals surface area contributed by atoms with Gasteiger partial charge in [0.25, 0.3) is 5.91 Å². The number of aliphatic carboxylic acids is 1. The molecule has 0 saturated carbocycles. The fourth-order valence-corrected chi connectivity index (χ4v) is 4.49. The van der Waals surface area contributed by atoms with Crippen LogP contribution in [-0.4, -0.2) is 40.2 Å². The van der Waals surface area contributed by atoms with Crippen LogP contribution in [0.4, 0.5) is 10.5 Å². The first-order valence-corrected chi connectivity index (χ1v) is 11.5. The molecule has 35 heavy (non-hydrogen) atoms. The Hall–Kier alpha value is -4.20. The number of nitrogens with one attached hydrogen (secondary N) is 2. The molecule has 1 aliphatic carbocycles. The Morgan fingerprint density at radius 3 is 2.11 bits per heavy atom. The smallest absolute Gasteiger partial charge is 0.411 e. The first-order valence-electron chi connectivity index (χ1n) is 11.5. The van der Waals surface area contributed by atoms with Gasteiger partial charge in [-0.2, -0.15) is 0 Å². The molecule has 0 unspecified atom stereocenters. The number of aromatic nitrogens is 1. The molecule has 3 aromatic rings. The van der Waals surface area contributed by atoms with Crippen molar-refractivity contribution in [1.29, 1.82) is 0 Å². The van der Waals surface area contributed by atoms with Crippen LogP contribution in [0.25, 0.3) is 11.1 Å². The lowest BCUT2D eigenvalue weighted by Gasteiger charge is -2.28.